The second-order valence-electron chi connectivity index (χ2n) is 5.03. The maximum Gasteiger partial charge on any atom is 0.0644 e. The largest absolute Gasteiger partial charge is 0.305 e. The van der Waals surface area contributed by atoms with Crippen LogP contribution in [0.3, 0.4) is 0 Å². The van der Waals surface area contributed by atoms with Crippen LogP contribution >= 0.6 is 11.3 Å². The maximum atomic E-state index is 4.59. The monoisotopic (exact) mass is 277 g/mol. The van der Waals surface area contributed by atoms with Crippen LogP contribution in [0.2, 0.25) is 0 Å². The van der Waals surface area contributed by atoms with E-state index in [2.05, 4.69) is 61.2 Å². The van der Waals surface area contributed by atoms with Gasteiger partial charge in [0, 0.05) is 35.3 Å². The minimum atomic E-state index is 0.335. The lowest BCUT2D eigenvalue weighted by Gasteiger charge is -2.14. The lowest BCUT2D eigenvalue weighted by molar-refractivity contribution is 0.569. The van der Waals surface area contributed by atoms with E-state index in [1.807, 2.05) is 11.3 Å². The minimum Gasteiger partial charge on any atom is -0.305 e. The average molecular weight is 277 g/mol. The summed E-state index contributed by atoms with van der Waals surface area (Å²) in [7, 11) is 0. The summed E-state index contributed by atoms with van der Waals surface area (Å²) >= 11 is 1.82. The Hall–Kier alpha value is -1.13. The van der Waals surface area contributed by atoms with Gasteiger partial charge in [0.15, 0.2) is 0 Å². The smallest absolute Gasteiger partial charge is 0.0644 e. The second kappa shape index (κ2) is 5.88. The van der Waals surface area contributed by atoms with Crippen molar-refractivity contribution in [3.05, 3.63) is 38.8 Å². The van der Waals surface area contributed by atoms with Gasteiger partial charge in [-0.05, 0) is 51.6 Å². The molecule has 19 heavy (non-hydrogen) atoms. The van der Waals surface area contributed by atoms with E-state index in [-0.39, 0.29) is 0 Å². The molecule has 0 radical (unpaired) electrons. The Bertz CT molecular complexity index is 554. The van der Waals surface area contributed by atoms with Crippen molar-refractivity contribution in [3.63, 3.8) is 0 Å². The molecule has 1 N–H and O–H groups in total. The van der Waals surface area contributed by atoms with Gasteiger partial charge < -0.3 is 5.32 Å². The molecular weight excluding hydrogens is 254 g/mol. The summed E-state index contributed by atoms with van der Waals surface area (Å²) in [6.45, 7) is 12.7. The fourth-order valence-electron chi connectivity index (χ4n) is 2.58. The number of aryl methyl sites for hydroxylation is 3. The summed E-state index contributed by atoms with van der Waals surface area (Å²) in [6.07, 6.45) is 0. The first-order valence-electron chi connectivity index (χ1n) is 6.84. The number of hydrogen-bond acceptors (Lipinski definition) is 3. The molecule has 4 heteroatoms. The first-order chi connectivity index (χ1) is 9.04. The zero-order chi connectivity index (χ0) is 14.0. The summed E-state index contributed by atoms with van der Waals surface area (Å²) in [5, 5.41) is 10.4. The summed E-state index contributed by atoms with van der Waals surface area (Å²) in [5.41, 5.74) is 5.14. The molecule has 2 aromatic heterocycles. The van der Waals surface area contributed by atoms with Crippen LogP contribution in [-0.4, -0.2) is 9.78 Å². The molecule has 1 unspecified atom stereocenters. The predicted octanol–water partition coefficient (Wildman–Crippen LogP) is 3.74. The number of nitrogens with one attached hydrogen (secondary N) is 1. The molecule has 0 saturated heterocycles. The molecule has 0 aromatic carbocycles. The number of hydrogen-bond donors (Lipinski definition) is 1. The van der Waals surface area contributed by atoms with Crippen molar-refractivity contribution in [2.45, 2.75) is 53.8 Å². The molecule has 0 aliphatic carbocycles. The van der Waals surface area contributed by atoms with Gasteiger partial charge in [-0.15, -0.1) is 11.3 Å². The quantitative estimate of drug-likeness (QED) is 0.902. The third-order valence-corrected chi connectivity index (χ3v) is 4.73. The van der Waals surface area contributed by atoms with Gasteiger partial charge in [0.1, 0.15) is 0 Å². The zero-order valence-electron chi connectivity index (χ0n) is 12.4. The Kier molecular flexibility index (Phi) is 4.42. The van der Waals surface area contributed by atoms with E-state index in [0.29, 0.717) is 6.04 Å². The van der Waals surface area contributed by atoms with Gasteiger partial charge in [-0.3, -0.25) is 4.68 Å². The Balaban J connectivity index is 2.10. The van der Waals surface area contributed by atoms with E-state index in [1.54, 1.807) is 0 Å². The van der Waals surface area contributed by atoms with Crippen LogP contribution in [-0.2, 0) is 13.1 Å². The summed E-state index contributed by atoms with van der Waals surface area (Å²) in [5.74, 6) is 0. The first-order valence-corrected chi connectivity index (χ1v) is 7.72. The lowest BCUT2D eigenvalue weighted by atomic mass is 10.1. The molecule has 2 heterocycles. The second-order valence-corrected chi connectivity index (χ2v) is 6.03. The highest BCUT2D eigenvalue weighted by molar-refractivity contribution is 7.10. The molecule has 0 saturated carbocycles. The van der Waals surface area contributed by atoms with Gasteiger partial charge in [0.2, 0.25) is 0 Å². The van der Waals surface area contributed by atoms with Crippen molar-refractivity contribution in [1.82, 2.24) is 15.1 Å². The van der Waals surface area contributed by atoms with Crippen LogP contribution in [0.5, 0.6) is 0 Å². The highest BCUT2D eigenvalue weighted by Gasteiger charge is 2.16. The molecule has 0 aliphatic rings. The Morgan fingerprint density at radius 3 is 2.63 bits per heavy atom. The molecule has 3 nitrogen and oxygen atoms in total. The Morgan fingerprint density at radius 2 is 2.11 bits per heavy atom. The van der Waals surface area contributed by atoms with Gasteiger partial charge in [-0.1, -0.05) is 0 Å². The molecule has 1 atom stereocenters. The summed E-state index contributed by atoms with van der Waals surface area (Å²) in [4.78, 5) is 1.42. The number of thiophene rings is 1. The third-order valence-electron chi connectivity index (χ3n) is 3.71. The molecule has 0 aliphatic heterocycles. The van der Waals surface area contributed by atoms with Crippen LogP contribution in [0, 0.1) is 20.8 Å². The molecule has 2 aromatic rings. The normalized spacial score (nSPS) is 12.9. The van der Waals surface area contributed by atoms with Gasteiger partial charge >= 0.3 is 0 Å². The topological polar surface area (TPSA) is 29.9 Å². The Labute approximate surface area is 119 Å². The van der Waals surface area contributed by atoms with Crippen molar-refractivity contribution in [3.8, 4) is 0 Å². The Morgan fingerprint density at radius 1 is 1.37 bits per heavy atom. The molecule has 104 valence electrons. The first kappa shape index (κ1) is 14.3. The standard InChI is InChI=1S/C15H23N3S/c1-6-18-13(5)15(12(4)17-18)11(3)16-9-14-10(2)7-8-19-14/h7-8,11,16H,6,9H2,1-5H3. The van der Waals surface area contributed by atoms with Crippen molar-refractivity contribution in [2.75, 3.05) is 0 Å². The zero-order valence-corrected chi connectivity index (χ0v) is 13.3. The van der Waals surface area contributed by atoms with Crippen LogP contribution in [0.25, 0.3) is 0 Å². The average Bonchev–Trinajstić information content (AvgIpc) is 2.90. The minimum absolute atomic E-state index is 0.335. The molecule has 0 spiro atoms. The van der Waals surface area contributed by atoms with Crippen molar-refractivity contribution < 1.29 is 0 Å². The number of nitrogens with zero attached hydrogens (tertiary/aromatic N) is 2. The fourth-order valence-corrected chi connectivity index (χ4v) is 3.44. The SMILES string of the molecule is CCn1nc(C)c(C(C)NCc2sccc2C)c1C. The summed E-state index contributed by atoms with van der Waals surface area (Å²) in [6, 6.07) is 2.51. The summed E-state index contributed by atoms with van der Waals surface area (Å²) < 4.78 is 2.08. The van der Waals surface area contributed by atoms with Crippen LogP contribution in [0.15, 0.2) is 11.4 Å². The van der Waals surface area contributed by atoms with Gasteiger partial charge in [0.25, 0.3) is 0 Å². The van der Waals surface area contributed by atoms with Gasteiger partial charge in [-0.2, -0.15) is 5.10 Å². The van der Waals surface area contributed by atoms with E-state index in [9.17, 15) is 0 Å². The van der Waals surface area contributed by atoms with Gasteiger partial charge in [0.05, 0.1) is 5.69 Å². The van der Waals surface area contributed by atoms with Gasteiger partial charge in [-0.25, -0.2) is 0 Å². The van der Waals surface area contributed by atoms with E-state index < -0.39 is 0 Å². The maximum absolute atomic E-state index is 4.59. The number of rotatable bonds is 5. The van der Waals surface area contributed by atoms with Crippen molar-refractivity contribution >= 4 is 11.3 Å². The van der Waals surface area contributed by atoms with E-state index in [0.717, 1.165) is 18.8 Å². The van der Waals surface area contributed by atoms with Crippen LogP contribution in [0.4, 0.5) is 0 Å². The van der Waals surface area contributed by atoms with Crippen LogP contribution < -0.4 is 5.32 Å². The highest BCUT2D eigenvalue weighted by atomic mass is 32.1. The molecule has 0 amide bonds. The highest BCUT2D eigenvalue weighted by Crippen LogP contribution is 2.23. The van der Waals surface area contributed by atoms with E-state index in [4.69, 9.17) is 0 Å². The predicted molar refractivity (Wildman–Crippen MR) is 81.7 cm³/mol. The molecule has 2 rings (SSSR count). The van der Waals surface area contributed by atoms with Crippen molar-refractivity contribution in [1.29, 1.82) is 0 Å². The van der Waals surface area contributed by atoms with Crippen molar-refractivity contribution in [2.24, 2.45) is 0 Å². The van der Waals surface area contributed by atoms with E-state index >= 15 is 0 Å². The van der Waals surface area contributed by atoms with E-state index in [1.165, 1.54) is 21.7 Å². The third kappa shape index (κ3) is 2.90. The van der Waals surface area contributed by atoms with Crippen LogP contribution in [0.1, 0.15) is 47.3 Å². The molecular formula is C15H23N3S. The molecule has 0 bridgehead atoms. The molecule has 0 fully saturated rings. The lowest BCUT2D eigenvalue weighted by Crippen LogP contribution is -2.19. The number of aromatic nitrogens is 2. The fraction of sp³-hybridized carbons (Fsp3) is 0.533.